The minimum absolute atomic E-state index is 0.204. The number of rotatable bonds is 7. The standard InChI is InChI=1S/C25H27ClN4OS/c26-19-8-9-24(28-16-19)30-25(31)21-6-1-2-7-22(21)29-23(18-10-12-27-13-11-18)15-17-4-3-5-20(32)14-17/h1-9,14,16,18,23,27,29,32H,10-13,15H2,(H,28,30,31). The van der Waals surface area contributed by atoms with Crippen LogP contribution in [0, 0.1) is 5.92 Å². The van der Waals surface area contributed by atoms with E-state index in [9.17, 15) is 4.79 Å². The molecule has 0 bridgehead atoms. The number of benzene rings is 2. The molecule has 2 aromatic carbocycles. The van der Waals surface area contributed by atoms with E-state index >= 15 is 0 Å². The molecular weight excluding hydrogens is 440 g/mol. The highest BCUT2D eigenvalue weighted by Crippen LogP contribution is 2.26. The number of nitrogens with one attached hydrogen (secondary N) is 3. The number of para-hydroxylation sites is 1. The zero-order valence-corrected chi connectivity index (χ0v) is 19.4. The first-order valence-electron chi connectivity index (χ1n) is 10.9. The Morgan fingerprint density at radius 1 is 1.12 bits per heavy atom. The SMILES string of the molecule is O=C(Nc1ccc(Cl)cn1)c1ccccc1NC(Cc1cccc(S)c1)C1CCNCC1. The molecule has 5 nitrogen and oxygen atoms in total. The van der Waals surface area contributed by atoms with Gasteiger partial charge in [0.1, 0.15) is 5.82 Å². The van der Waals surface area contributed by atoms with Gasteiger partial charge in [-0.05, 0) is 80.2 Å². The zero-order valence-electron chi connectivity index (χ0n) is 17.7. The molecule has 1 saturated heterocycles. The van der Waals surface area contributed by atoms with Gasteiger partial charge in [-0.3, -0.25) is 4.79 Å². The Morgan fingerprint density at radius 3 is 2.69 bits per heavy atom. The maximum Gasteiger partial charge on any atom is 0.258 e. The highest BCUT2D eigenvalue weighted by atomic mass is 35.5. The fraction of sp³-hybridized carbons (Fsp3) is 0.280. The first-order chi connectivity index (χ1) is 15.6. The van der Waals surface area contributed by atoms with Crippen LogP contribution in [0.1, 0.15) is 28.8 Å². The Bertz CT molecular complexity index is 1050. The van der Waals surface area contributed by atoms with Gasteiger partial charge >= 0.3 is 0 Å². The van der Waals surface area contributed by atoms with Gasteiger partial charge in [0, 0.05) is 22.8 Å². The second-order valence-electron chi connectivity index (χ2n) is 8.07. The van der Waals surface area contributed by atoms with Crippen molar-refractivity contribution in [2.24, 2.45) is 5.92 Å². The van der Waals surface area contributed by atoms with Crippen LogP contribution < -0.4 is 16.0 Å². The van der Waals surface area contributed by atoms with Crippen molar-refractivity contribution >= 4 is 41.6 Å². The highest BCUT2D eigenvalue weighted by Gasteiger charge is 2.25. The summed E-state index contributed by atoms with van der Waals surface area (Å²) in [5.74, 6) is 0.771. The molecule has 166 valence electrons. The van der Waals surface area contributed by atoms with Gasteiger partial charge in [-0.15, -0.1) is 12.6 Å². The maximum absolute atomic E-state index is 13.0. The van der Waals surface area contributed by atoms with Crippen LogP contribution in [0.3, 0.4) is 0 Å². The molecule has 1 aliphatic rings. The van der Waals surface area contributed by atoms with E-state index in [1.807, 2.05) is 36.4 Å². The number of hydrogen-bond acceptors (Lipinski definition) is 5. The van der Waals surface area contributed by atoms with E-state index in [-0.39, 0.29) is 11.9 Å². The Balaban J connectivity index is 1.56. The molecule has 3 N–H and O–H groups in total. The number of nitrogens with zero attached hydrogens (tertiary/aromatic N) is 1. The number of amides is 1. The molecule has 1 fully saturated rings. The first-order valence-corrected chi connectivity index (χ1v) is 11.7. The minimum Gasteiger partial charge on any atom is -0.381 e. The van der Waals surface area contributed by atoms with Gasteiger partial charge in [-0.1, -0.05) is 35.9 Å². The monoisotopic (exact) mass is 466 g/mol. The van der Waals surface area contributed by atoms with Crippen LogP contribution in [0.4, 0.5) is 11.5 Å². The first kappa shape index (κ1) is 22.6. The van der Waals surface area contributed by atoms with E-state index in [4.69, 9.17) is 11.6 Å². The fourth-order valence-electron chi connectivity index (χ4n) is 4.16. The van der Waals surface area contributed by atoms with Crippen molar-refractivity contribution in [1.29, 1.82) is 0 Å². The zero-order chi connectivity index (χ0) is 22.3. The third-order valence-corrected chi connectivity index (χ3v) is 6.30. The lowest BCUT2D eigenvalue weighted by atomic mass is 9.86. The van der Waals surface area contributed by atoms with Crippen LogP contribution in [0.15, 0.2) is 71.8 Å². The number of pyridine rings is 1. The second kappa shape index (κ2) is 10.9. The topological polar surface area (TPSA) is 66.0 Å². The maximum atomic E-state index is 13.0. The summed E-state index contributed by atoms with van der Waals surface area (Å²) in [5.41, 5.74) is 2.65. The molecular formula is C25H27ClN4OS. The quantitative estimate of drug-likeness (QED) is 0.357. The van der Waals surface area contributed by atoms with Gasteiger partial charge in [0.05, 0.1) is 10.6 Å². The van der Waals surface area contributed by atoms with Gasteiger partial charge in [-0.25, -0.2) is 4.98 Å². The van der Waals surface area contributed by atoms with Crippen molar-refractivity contribution in [2.45, 2.75) is 30.2 Å². The molecule has 32 heavy (non-hydrogen) atoms. The molecule has 0 saturated carbocycles. The Labute approximate surface area is 199 Å². The third-order valence-electron chi connectivity index (χ3n) is 5.80. The van der Waals surface area contributed by atoms with Crippen molar-refractivity contribution < 1.29 is 4.79 Å². The number of aromatic nitrogens is 1. The smallest absolute Gasteiger partial charge is 0.258 e. The molecule has 1 aromatic heterocycles. The Kier molecular flexibility index (Phi) is 7.68. The summed E-state index contributed by atoms with van der Waals surface area (Å²) in [5, 5.41) is 10.5. The van der Waals surface area contributed by atoms with Crippen LogP contribution in [0.25, 0.3) is 0 Å². The lowest BCUT2D eigenvalue weighted by molar-refractivity contribution is 0.102. The number of piperidine rings is 1. The van der Waals surface area contributed by atoms with E-state index in [0.29, 0.717) is 22.3 Å². The molecule has 7 heteroatoms. The molecule has 3 aromatic rings. The van der Waals surface area contributed by atoms with E-state index in [1.165, 1.54) is 11.8 Å². The summed E-state index contributed by atoms with van der Waals surface area (Å²) in [6.07, 6.45) is 4.58. The lowest BCUT2D eigenvalue weighted by Crippen LogP contribution is -2.39. The largest absolute Gasteiger partial charge is 0.381 e. The molecule has 2 heterocycles. The van der Waals surface area contributed by atoms with Gasteiger partial charge in [0.25, 0.3) is 5.91 Å². The lowest BCUT2D eigenvalue weighted by Gasteiger charge is -2.33. The van der Waals surface area contributed by atoms with Crippen LogP contribution in [-0.2, 0) is 6.42 Å². The normalized spacial score (nSPS) is 15.2. The molecule has 1 aliphatic heterocycles. The molecule has 1 unspecified atom stereocenters. The summed E-state index contributed by atoms with van der Waals surface area (Å²) < 4.78 is 0. The number of halogens is 1. The molecule has 1 amide bonds. The van der Waals surface area contributed by atoms with Crippen LogP contribution in [0.5, 0.6) is 0 Å². The third kappa shape index (κ3) is 6.03. The molecule has 1 atom stereocenters. The molecule has 0 spiro atoms. The summed E-state index contributed by atoms with van der Waals surface area (Å²) in [4.78, 5) is 18.2. The predicted octanol–water partition coefficient (Wildman–Crippen LogP) is 5.30. The van der Waals surface area contributed by atoms with E-state index in [2.05, 4.69) is 45.7 Å². The summed E-state index contributed by atoms with van der Waals surface area (Å²) in [6.45, 7) is 2.03. The van der Waals surface area contributed by atoms with Gasteiger partial charge in [-0.2, -0.15) is 0 Å². The average Bonchev–Trinajstić information content (AvgIpc) is 2.81. The van der Waals surface area contributed by atoms with Crippen LogP contribution >= 0.6 is 24.2 Å². The van der Waals surface area contributed by atoms with Crippen molar-refractivity contribution in [3.8, 4) is 0 Å². The van der Waals surface area contributed by atoms with Gasteiger partial charge in [0.15, 0.2) is 0 Å². The number of carbonyl (C=O) groups excluding carboxylic acids is 1. The van der Waals surface area contributed by atoms with E-state index in [1.54, 1.807) is 12.1 Å². The van der Waals surface area contributed by atoms with Gasteiger partial charge in [0.2, 0.25) is 0 Å². The molecule has 0 radical (unpaired) electrons. The Morgan fingerprint density at radius 2 is 1.94 bits per heavy atom. The number of carbonyl (C=O) groups is 1. The van der Waals surface area contributed by atoms with Crippen molar-refractivity contribution in [2.75, 3.05) is 23.7 Å². The average molecular weight is 467 g/mol. The predicted molar refractivity (Wildman–Crippen MR) is 134 cm³/mol. The summed E-state index contributed by atoms with van der Waals surface area (Å²) in [7, 11) is 0. The highest BCUT2D eigenvalue weighted by molar-refractivity contribution is 7.80. The number of anilines is 2. The summed E-state index contributed by atoms with van der Waals surface area (Å²) in [6, 6.07) is 19.5. The van der Waals surface area contributed by atoms with Crippen molar-refractivity contribution in [1.82, 2.24) is 10.3 Å². The van der Waals surface area contributed by atoms with E-state index < -0.39 is 0 Å². The minimum atomic E-state index is -0.204. The molecule has 0 aliphatic carbocycles. The fourth-order valence-corrected chi connectivity index (χ4v) is 4.52. The van der Waals surface area contributed by atoms with E-state index in [0.717, 1.165) is 42.9 Å². The summed E-state index contributed by atoms with van der Waals surface area (Å²) >= 11 is 10.4. The molecule has 4 rings (SSSR count). The number of hydrogen-bond donors (Lipinski definition) is 4. The van der Waals surface area contributed by atoms with Crippen molar-refractivity contribution in [3.05, 3.63) is 83.0 Å². The Hall–Kier alpha value is -2.54. The second-order valence-corrected chi connectivity index (χ2v) is 9.03. The van der Waals surface area contributed by atoms with Gasteiger partial charge < -0.3 is 16.0 Å². The van der Waals surface area contributed by atoms with Crippen LogP contribution in [0.2, 0.25) is 5.02 Å². The van der Waals surface area contributed by atoms with Crippen molar-refractivity contribution in [3.63, 3.8) is 0 Å². The van der Waals surface area contributed by atoms with Crippen LogP contribution in [-0.4, -0.2) is 30.0 Å². The number of thiol groups is 1.